The number of amides is 1. The third kappa shape index (κ3) is 7.31. The molecule has 0 fully saturated rings. The maximum absolute atomic E-state index is 12.0. The average molecular weight is 385 g/mol. The summed E-state index contributed by atoms with van der Waals surface area (Å²) in [6.07, 6.45) is 0.936. The summed E-state index contributed by atoms with van der Waals surface area (Å²) in [6.45, 7) is 4.79. The van der Waals surface area contributed by atoms with Crippen LogP contribution in [0.25, 0.3) is 0 Å². The molecule has 0 atom stereocenters. The number of nitrogens with one attached hydrogen (secondary N) is 1. The van der Waals surface area contributed by atoms with Crippen molar-refractivity contribution in [2.45, 2.75) is 26.7 Å². The maximum atomic E-state index is 12.0. The second-order valence-electron chi connectivity index (χ2n) is 6.75. The fourth-order valence-electron chi connectivity index (χ4n) is 2.33. The smallest absolute Gasteiger partial charge is 0.338 e. The van der Waals surface area contributed by atoms with E-state index in [-0.39, 0.29) is 17.8 Å². The Morgan fingerprint density at radius 2 is 1.61 bits per heavy atom. The Bertz CT molecular complexity index is 754. The van der Waals surface area contributed by atoms with Crippen LogP contribution in [0.3, 0.4) is 0 Å². The van der Waals surface area contributed by atoms with Gasteiger partial charge in [-0.25, -0.2) is 4.79 Å². The van der Waals surface area contributed by atoms with E-state index < -0.39 is 0 Å². The summed E-state index contributed by atoms with van der Waals surface area (Å²) in [7, 11) is 1.61. The minimum atomic E-state index is -0.359. The Morgan fingerprint density at radius 1 is 0.964 bits per heavy atom. The highest BCUT2D eigenvalue weighted by molar-refractivity contribution is 5.93. The van der Waals surface area contributed by atoms with E-state index in [1.165, 1.54) is 0 Å². The molecule has 0 aliphatic rings. The lowest BCUT2D eigenvalue weighted by Crippen LogP contribution is -2.13. The zero-order chi connectivity index (χ0) is 20.4. The number of hydrogen-bond acceptors (Lipinski definition) is 5. The summed E-state index contributed by atoms with van der Waals surface area (Å²) in [5.41, 5.74) is 1.10. The summed E-state index contributed by atoms with van der Waals surface area (Å²) < 4.78 is 15.9. The van der Waals surface area contributed by atoms with Crippen molar-refractivity contribution in [1.29, 1.82) is 0 Å². The molecule has 0 radical (unpaired) electrons. The van der Waals surface area contributed by atoms with E-state index in [4.69, 9.17) is 14.2 Å². The predicted molar refractivity (Wildman–Crippen MR) is 108 cm³/mol. The van der Waals surface area contributed by atoms with Crippen molar-refractivity contribution in [2.24, 2.45) is 5.92 Å². The van der Waals surface area contributed by atoms with Crippen molar-refractivity contribution in [3.63, 3.8) is 0 Å². The minimum absolute atomic E-state index is 0.103. The van der Waals surface area contributed by atoms with E-state index in [1.807, 2.05) is 38.1 Å². The second kappa shape index (κ2) is 11.0. The highest BCUT2D eigenvalue weighted by atomic mass is 16.5. The van der Waals surface area contributed by atoms with Gasteiger partial charge in [0.1, 0.15) is 11.5 Å². The first-order chi connectivity index (χ1) is 13.5. The molecular weight excluding hydrogens is 358 g/mol. The van der Waals surface area contributed by atoms with E-state index in [9.17, 15) is 9.59 Å². The second-order valence-corrected chi connectivity index (χ2v) is 6.75. The summed E-state index contributed by atoms with van der Waals surface area (Å²) in [5, 5.41) is 2.81. The SMILES string of the molecule is COc1ccc(OCCCC(=O)Nc2ccc(C(=O)OCC(C)C)cc2)cc1. The summed E-state index contributed by atoms with van der Waals surface area (Å²) >= 11 is 0. The Kier molecular flexibility index (Phi) is 8.34. The molecular formula is C22H27NO5. The number of benzene rings is 2. The molecule has 2 rings (SSSR count). The summed E-state index contributed by atoms with van der Waals surface area (Å²) in [6, 6.07) is 14.0. The predicted octanol–water partition coefficient (Wildman–Crippen LogP) is 4.31. The fourth-order valence-corrected chi connectivity index (χ4v) is 2.33. The molecule has 0 spiro atoms. The first kappa shape index (κ1) is 21.3. The van der Waals surface area contributed by atoms with Crippen molar-refractivity contribution in [3.8, 4) is 11.5 Å². The standard InChI is InChI=1S/C22H27NO5/c1-16(2)15-28-22(25)17-6-8-18(9-7-17)23-21(24)5-4-14-27-20-12-10-19(26-3)11-13-20/h6-13,16H,4-5,14-15H2,1-3H3,(H,23,24). The quantitative estimate of drug-likeness (QED) is 0.487. The van der Waals surface area contributed by atoms with E-state index in [2.05, 4.69) is 5.32 Å². The Labute approximate surface area is 165 Å². The molecule has 0 heterocycles. The van der Waals surface area contributed by atoms with Crippen LogP contribution in [0.1, 0.15) is 37.0 Å². The van der Waals surface area contributed by atoms with Gasteiger partial charge in [-0.1, -0.05) is 13.8 Å². The molecule has 0 bridgehead atoms. The summed E-state index contributed by atoms with van der Waals surface area (Å²) in [5.74, 6) is 1.33. The Morgan fingerprint density at radius 3 is 2.21 bits per heavy atom. The first-order valence-electron chi connectivity index (χ1n) is 9.32. The van der Waals surface area contributed by atoms with Gasteiger partial charge in [-0.05, 0) is 60.9 Å². The van der Waals surface area contributed by atoms with Gasteiger partial charge in [0.15, 0.2) is 0 Å². The van der Waals surface area contributed by atoms with Gasteiger partial charge in [0, 0.05) is 12.1 Å². The van der Waals surface area contributed by atoms with Gasteiger partial charge in [-0.15, -0.1) is 0 Å². The van der Waals surface area contributed by atoms with Crippen LogP contribution in [0.4, 0.5) is 5.69 Å². The molecule has 28 heavy (non-hydrogen) atoms. The van der Waals surface area contributed by atoms with Gasteiger partial charge in [0.25, 0.3) is 0 Å². The van der Waals surface area contributed by atoms with E-state index in [0.717, 1.165) is 11.5 Å². The molecule has 2 aromatic carbocycles. The number of rotatable bonds is 10. The van der Waals surface area contributed by atoms with E-state index in [0.29, 0.717) is 37.3 Å². The van der Waals surface area contributed by atoms with Crippen LogP contribution in [-0.2, 0) is 9.53 Å². The van der Waals surface area contributed by atoms with E-state index in [1.54, 1.807) is 31.4 Å². The molecule has 1 amide bonds. The van der Waals surface area contributed by atoms with Crippen LogP contribution in [0.15, 0.2) is 48.5 Å². The van der Waals surface area contributed by atoms with Crippen LogP contribution < -0.4 is 14.8 Å². The molecule has 6 heteroatoms. The molecule has 2 aromatic rings. The molecule has 0 aliphatic heterocycles. The van der Waals surface area contributed by atoms with E-state index >= 15 is 0 Å². The number of hydrogen-bond donors (Lipinski definition) is 1. The van der Waals surface area contributed by atoms with Gasteiger partial charge in [-0.2, -0.15) is 0 Å². The topological polar surface area (TPSA) is 73.9 Å². The van der Waals surface area contributed by atoms with Gasteiger partial charge >= 0.3 is 5.97 Å². The Hall–Kier alpha value is -3.02. The summed E-state index contributed by atoms with van der Waals surface area (Å²) in [4.78, 5) is 23.9. The van der Waals surface area contributed by atoms with Crippen LogP contribution in [0.5, 0.6) is 11.5 Å². The first-order valence-corrected chi connectivity index (χ1v) is 9.32. The Balaban J connectivity index is 1.69. The molecule has 0 saturated heterocycles. The molecule has 6 nitrogen and oxygen atoms in total. The van der Waals surface area contributed by atoms with Gasteiger partial charge in [0.2, 0.25) is 5.91 Å². The molecule has 1 N–H and O–H groups in total. The van der Waals surface area contributed by atoms with Gasteiger partial charge in [0.05, 0.1) is 25.9 Å². The average Bonchev–Trinajstić information content (AvgIpc) is 2.70. The van der Waals surface area contributed by atoms with Gasteiger partial charge < -0.3 is 19.5 Å². The van der Waals surface area contributed by atoms with Crippen molar-refractivity contribution in [1.82, 2.24) is 0 Å². The normalized spacial score (nSPS) is 10.4. The van der Waals surface area contributed by atoms with Crippen LogP contribution in [0.2, 0.25) is 0 Å². The van der Waals surface area contributed by atoms with Crippen molar-refractivity contribution in [3.05, 3.63) is 54.1 Å². The molecule has 150 valence electrons. The zero-order valence-corrected chi connectivity index (χ0v) is 16.6. The number of anilines is 1. The van der Waals surface area contributed by atoms with Crippen molar-refractivity contribution in [2.75, 3.05) is 25.6 Å². The molecule has 0 saturated carbocycles. The lowest BCUT2D eigenvalue weighted by Gasteiger charge is -2.09. The third-order valence-corrected chi connectivity index (χ3v) is 3.83. The molecule has 0 aromatic heterocycles. The van der Waals surface area contributed by atoms with Gasteiger partial charge in [-0.3, -0.25) is 4.79 Å². The monoisotopic (exact) mass is 385 g/mol. The van der Waals surface area contributed by atoms with Crippen molar-refractivity contribution < 1.29 is 23.8 Å². The number of esters is 1. The lowest BCUT2D eigenvalue weighted by molar-refractivity contribution is -0.116. The zero-order valence-electron chi connectivity index (χ0n) is 16.6. The lowest BCUT2D eigenvalue weighted by atomic mass is 10.2. The molecule has 0 aliphatic carbocycles. The minimum Gasteiger partial charge on any atom is -0.497 e. The highest BCUT2D eigenvalue weighted by Crippen LogP contribution is 2.17. The fraction of sp³-hybridized carbons (Fsp3) is 0.364. The largest absolute Gasteiger partial charge is 0.497 e. The maximum Gasteiger partial charge on any atom is 0.338 e. The third-order valence-electron chi connectivity index (χ3n) is 3.83. The van der Waals surface area contributed by atoms with Crippen LogP contribution in [0, 0.1) is 5.92 Å². The number of methoxy groups -OCH3 is 1. The molecule has 0 unspecified atom stereocenters. The highest BCUT2D eigenvalue weighted by Gasteiger charge is 2.09. The number of ether oxygens (including phenoxy) is 3. The number of carbonyl (C=O) groups excluding carboxylic acids is 2. The van der Waals surface area contributed by atoms with Crippen LogP contribution >= 0.6 is 0 Å². The van der Waals surface area contributed by atoms with Crippen LogP contribution in [-0.4, -0.2) is 32.2 Å². The van der Waals surface area contributed by atoms with Crippen molar-refractivity contribution >= 4 is 17.6 Å². The number of carbonyl (C=O) groups is 2.